The molecule has 2 unspecified atom stereocenters. The first-order valence-electron chi connectivity index (χ1n) is 10.7. The minimum Gasteiger partial charge on any atom is -0.339 e. The van der Waals surface area contributed by atoms with Gasteiger partial charge in [0, 0.05) is 21.9 Å². The monoisotopic (exact) mass is 538 g/mol. The number of carbonyl (C=O) groups excluding carboxylic acids is 3. The van der Waals surface area contributed by atoms with E-state index < -0.39 is 28.3 Å². The normalized spacial score (nSPS) is 20.1. The van der Waals surface area contributed by atoms with E-state index in [0.717, 1.165) is 11.8 Å². The molecule has 2 aromatic heterocycles. The lowest BCUT2D eigenvalue weighted by molar-refractivity contribution is -0.133. The van der Waals surface area contributed by atoms with Crippen molar-refractivity contribution in [2.75, 3.05) is 0 Å². The molecule has 1 fully saturated rings. The quantitative estimate of drug-likeness (QED) is 0.224. The highest BCUT2D eigenvalue weighted by Crippen LogP contribution is 2.41. The van der Waals surface area contributed by atoms with Crippen molar-refractivity contribution in [1.82, 2.24) is 10.3 Å². The van der Waals surface area contributed by atoms with Gasteiger partial charge in [0.2, 0.25) is 11.7 Å². The maximum Gasteiger partial charge on any atom is 0.242 e. The third-order valence-electron chi connectivity index (χ3n) is 5.63. The van der Waals surface area contributed by atoms with Crippen LogP contribution in [0.3, 0.4) is 0 Å². The third kappa shape index (κ3) is 5.11. The molecule has 1 aromatic carbocycles. The zero-order chi connectivity index (χ0) is 25.9. The maximum atomic E-state index is 13.4. The van der Waals surface area contributed by atoms with Gasteiger partial charge < -0.3 is 5.32 Å². The zero-order valence-electron chi connectivity index (χ0n) is 18.9. The summed E-state index contributed by atoms with van der Waals surface area (Å²) in [6.07, 6.45) is 3.02. The number of amides is 1. The average molecular weight is 539 g/mol. The molecule has 2 atom stereocenters. The maximum absolute atomic E-state index is 13.4. The Morgan fingerprint density at radius 2 is 1.97 bits per heavy atom. The number of hydrogen-bond acceptors (Lipinski definition) is 6. The van der Waals surface area contributed by atoms with Gasteiger partial charge in [0.15, 0.2) is 5.78 Å². The van der Waals surface area contributed by atoms with Gasteiger partial charge in [-0.25, -0.2) is 9.37 Å². The molecule has 3 heterocycles. The van der Waals surface area contributed by atoms with Crippen LogP contribution in [-0.4, -0.2) is 27.7 Å². The number of rotatable bonds is 8. The summed E-state index contributed by atoms with van der Waals surface area (Å²) in [5.41, 5.74) is 0.155. The largest absolute Gasteiger partial charge is 0.339 e. The first kappa shape index (κ1) is 25.8. The number of hydrogen-bond donors (Lipinski definition) is 1. The molecule has 1 saturated heterocycles. The highest BCUT2D eigenvalue weighted by Gasteiger charge is 2.48. The Kier molecular flexibility index (Phi) is 7.68. The predicted octanol–water partition coefficient (Wildman–Crippen LogP) is 5.77. The molecule has 0 aliphatic carbocycles. The van der Waals surface area contributed by atoms with Gasteiger partial charge in [-0.1, -0.05) is 36.9 Å². The van der Waals surface area contributed by atoms with Gasteiger partial charge in [-0.3, -0.25) is 14.4 Å². The lowest BCUT2D eigenvalue weighted by atomic mass is 9.79. The number of Topliss-reactive ketones (excluding diaryl/α,β-unsaturated/α-hetero) is 1. The highest BCUT2D eigenvalue weighted by molar-refractivity contribution is 8.05. The van der Waals surface area contributed by atoms with Crippen LogP contribution in [0.5, 0.6) is 0 Å². The summed E-state index contributed by atoms with van der Waals surface area (Å²) in [4.78, 5) is 44.8. The fourth-order valence-electron chi connectivity index (χ4n) is 3.90. The second kappa shape index (κ2) is 10.7. The minimum absolute atomic E-state index is 0.0789. The Morgan fingerprint density at radius 1 is 1.22 bits per heavy atom. The molecule has 0 spiro atoms. The Hall–Kier alpha value is -3.33. The number of allylic oxidation sites excluding steroid dienone is 3. The molecule has 1 amide bonds. The summed E-state index contributed by atoms with van der Waals surface area (Å²) < 4.78 is 13.3. The van der Waals surface area contributed by atoms with Crippen LogP contribution in [-0.2, 0) is 15.1 Å². The number of thiophene rings is 1. The number of pyridine rings is 1. The molecule has 36 heavy (non-hydrogen) atoms. The number of carbonyl (C=O) groups is 3. The number of nitrogens with one attached hydrogen (secondary N) is 1. The van der Waals surface area contributed by atoms with Crippen molar-refractivity contribution in [2.24, 2.45) is 0 Å². The molecule has 1 aliphatic rings. The predicted molar refractivity (Wildman–Crippen MR) is 142 cm³/mol. The van der Waals surface area contributed by atoms with Crippen LogP contribution < -0.4 is 5.32 Å². The molecule has 1 aliphatic heterocycles. The SMILES string of the molecule is C=C/C=C(/SC1C(=O)CC(c2ccsc2)(c2cccc(C(=O)c3ccc(F)cc3)n2)NC1=O)C(=C)Cl. The summed E-state index contributed by atoms with van der Waals surface area (Å²) in [5, 5.41) is 5.84. The third-order valence-corrected chi connectivity index (χ3v) is 7.98. The van der Waals surface area contributed by atoms with Gasteiger partial charge in [0.25, 0.3) is 0 Å². The van der Waals surface area contributed by atoms with Crippen LogP contribution >= 0.6 is 34.7 Å². The van der Waals surface area contributed by atoms with Crippen LogP contribution in [0.15, 0.2) is 94.5 Å². The Labute approximate surface area is 220 Å². The van der Waals surface area contributed by atoms with Crippen molar-refractivity contribution >= 4 is 52.2 Å². The summed E-state index contributed by atoms with van der Waals surface area (Å²) in [6.45, 7) is 7.32. The number of aromatic nitrogens is 1. The lowest BCUT2D eigenvalue weighted by Crippen LogP contribution is -2.58. The molecule has 182 valence electrons. The summed E-state index contributed by atoms with van der Waals surface area (Å²) in [7, 11) is 0. The van der Waals surface area contributed by atoms with E-state index in [1.807, 2.05) is 16.8 Å². The molecular formula is C27H20ClFN2O3S2. The van der Waals surface area contributed by atoms with Gasteiger partial charge in [-0.05, 0) is 64.9 Å². The van der Waals surface area contributed by atoms with E-state index in [4.69, 9.17) is 11.6 Å². The number of piperidine rings is 1. The van der Waals surface area contributed by atoms with Gasteiger partial charge >= 0.3 is 0 Å². The van der Waals surface area contributed by atoms with E-state index in [0.29, 0.717) is 16.2 Å². The molecule has 0 bridgehead atoms. The molecule has 0 saturated carbocycles. The molecular weight excluding hydrogens is 519 g/mol. The molecule has 9 heteroatoms. The van der Waals surface area contributed by atoms with Gasteiger partial charge in [0.1, 0.15) is 22.3 Å². The first-order valence-corrected chi connectivity index (χ1v) is 12.9. The topological polar surface area (TPSA) is 76.1 Å². The first-order chi connectivity index (χ1) is 17.2. The summed E-state index contributed by atoms with van der Waals surface area (Å²) in [6, 6.07) is 11.8. The van der Waals surface area contributed by atoms with E-state index in [9.17, 15) is 18.8 Å². The van der Waals surface area contributed by atoms with E-state index in [-0.39, 0.29) is 28.5 Å². The Bertz CT molecular complexity index is 1370. The molecule has 4 rings (SSSR count). The lowest BCUT2D eigenvalue weighted by Gasteiger charge is -2.39. The molecule has 0 radical (unpaired) electrons. The van der Waals surface area contributed by atoms with E-state index >= 15 is 0 Å². The molecule has 3 aromatic rings. The van der Waals surface area contributed by atoms with E-state index in [2.05, 4.69) is 23.5 Å². The fourth-order valence-corrected chi connectivity index (χ4v) is 5.76. The van der Waals surface area contributed by atoms with Crippen LogP contribution in [0, 0.1) is 5.82 Å². The number of nitrogens with zero attached hydrogens (tertiary/aromatic N) is 1. The highest BCUT2D eigenvalue weighted by atomic mass is 35.5. The number of ketones is 2. The van der Waals surface area contributed by atoms with Crippen LogP contribution in [0.1, 0.15) is 33.7 Å². The minimum atomic E-state index is -1.26. The second-order valence-electron chi connectivity index (χ2n) is 7.96. The smallest absolute Gasteiger partial charge is 0.242 e. The van der Waals surface area contributed by atoms with E-state index in [1.165, 1.54) is 41.7 Å². The van der Waals surface area contributed by atoms with Crippen LogP contribution in [0.2, 0.25) is 0 Å². The standard InChI is InChI=1S/C27H20ClFN2O3S2/c1-3-5-22(16(2)28)36-25-21(32)14-27(31-26(25)34,18-12-13-35-15-18)23-7-4-6-20(30-23)24(33)17-8-10-19(29)11-9-17/h3-13,15,25H,1-2,14H2,(H,31,34)/b22-5+. The van der Waals surface area contributed by atoms with Crippen LogP contribution in [0.25, 0.3) is 0 Å². The van der Waals surface area contributed by atoms with Gasteiger partial charge in [0.05, 0.1) is 5.69 Å². The Morgan fingerprint density at radius 3 is 2.58 bits per heavy atom. The number of benzene rings is 1. The van der Waals surface area contributed by atoms with Crippen molar-refractivity contribution in [1.29, 1.82) is 0 Å². The van der Waals surface area contributed by atoms with E-state index in [1.54, 1.807) is 24.3 Å². The van der Waals surface area contributed by atoms with Gasteiger partial charge in [-0.15, -0.1) is 11.8 Å². The Balaban J connectivity index is 1.72. The van der Waals surface area contributed by atoms with Crippen molar-refractivity contribution in [2.45, 2.75) is 17.2 Å². The fraction of sp³-hybridized carbons (Fsp3) is 0.111. The summed E-state index contributed by atoms with van der Waals surface area (Å²) in [5.74, 6) is -1.68. The van der Waals surface area contributed by atoms with Crippen LogP contribution in [0.4, 0.5) is 4.39 Å². The van der Waals surface area contributed by atoms with Crippen molar-refractivity contribution in [3.05, 3.63) is 123 Å². The molecule has 1 N–H and O–H groups in total. The average Bonchev–Trinajstić information content (AvgIpc) is 3.41. The second-order valence-corrected chi connectivity index (χ2v) is 10.3. The number of thioether (sulfide) groups is 1. The van der Waals surface area contributed by atoms with Crippen molar-refractivity contribution in [3.8, 4) is 0 Å². The number of halogens is 2. The van der Waals surface area contributed by atoms with Crippen molar-refractivity contribution in [3.63, 3.8) is 0 Å². The van der Waals surface area contributed by atoms with Gasteiger partial charge in [-0.2, -0.15) is 11.3 Å². The molecule has 5 nitrogen and oxygen atoms in total. The summed E-state index contributed by atoms with van der Waals surface area (Å²) >= 11 is 8.46. The van der Waals surface area contributed by atoms with Crippen molar-refractivity contribution < 1.29 is 18.8 Å². The zero-order valence-corrected chi connectivity index (χ0v) is 21.3.